The van der Waals surface area contributed by atoms with Gasteiger partial charge >= 0.3 is 0 Å². The summed E-state index contributed by atoms with van der Waals surface area (Å²) in [7, 11) is 0. The zero-order valence-corrected chi connectivity index (χ0v) is 27.4. The van der Waals surface area contributed by atoms with E-state index in [4.69, 9.17) is 9.97 Å². The Balaban J connectivity index is 1.15. The molecule has 0 fully saturated rings. The van der Waals surface area contributed by atoms with Gasteiger partial charge in [0.25, 0.3) is 0 Å². The summed E-state index contributed by atoms with van der Waals surface area (Å²) < 4.78 is 0. The number of rotatable bonds is 6. The van der Waals surface area contributed by atoms with E-state index < -0.39 is 0 Å². The molecule has 0 bridgehead atoms. The van der Waals surface area contributed by atoms with Crippen LogP contribution < -0.4 is 0 Å². The first kappa shape index (κ1) is 29.5. The second kappa shape index (κ2) is 12.8. The van der Waals surface area contributed by atoms with Crippen molar-refractivity contribution in [3.8, 4) is 67.2 Å². The minimum atomic E-state index is 0.964. The summed E-state index contributed by atoms with van der Waals surface area (Å²) in [6, 6.07) is 68.6. The van der Waals surface area contributed by atoms with Gasteiger partial charge in [-0.05, 0) is 74.5 Å². The molecule has 0 radical (unpaired) electrons. The van der Waals surface area contributed by atoms with Crippen LogP contribution in [-0.2, 0) is 0 Å². The fourth-order valence-electron chi connectivity index (χ4n) is 6.90. The summed E-state index contributed by atoms with van der Waals surface area (Å²) in [5, 5.41) is 3.57. The Labute approximate surface area is 292 Å². The smallest absolute Gasteiger partial charge is 0.0722 e. The van der Waals surface area contributed by atoms with Crippen molar-refractivity contribution >= 4 is 21.7 Å². The van der Waals surface area contributed by atoms with Crippen LogP contribution in [0.1, 0.15) is 0 Å². The summed E-state index contributed by atoms with van der Waals surface area (Å²) in [5.41, 5.74) is 14.2. The summed E-state index contributed by atoms with van der Waals surface area (Å²) in [5.74, 6) is 0. The molecule has 0 aliphatic carbocycles. The van der Waals surface area contributed by atoms with Crippen molar-refractivity contribution in [1.82, 2.24) is 9.97 Å². The van der Waals surface area contributed by atoms with E-state index in [0.717, 1.165) is 50.4 Å². The van der Waals surface area contributed by atoms with Crippen LogP contribution in [0.2, 0.25) is 0 Å². The molecule has 0 amide bonds. The number of pyridine rings is 2. The maximum Gasteiger partial charge on any atom is 0.0722 e. The molecular formula is C48H32N2. The molecule has 2 nitrogen and oxygen atoms in total. The highest BCUT2D eigenvalue weighted by Gasteiger charge is 2.14. The third-order valence-electron chi connectivity index (χ3n) is 9.46. The van der Waals surface area contributed by atoms with Gasteiger partial charge in [-0.3, -0.25) is 0 Å². The number of hydrogen-bond acceptors (Lipinski definition) is 2. The van der Waals surface area contributed by atoms with Gasteiger partial charge in [-0.1, -0.05) is 164 Å². The van der Waals surface area contributed by atoms with Gasteiger partial charge < -0.3 is 0 Å². The van der Waals surface area contributed by atoms with E-state index in [1.165, 1.54) is 38.4 Å². The Morgan fingerprint density at radius 2 is 0.720 bits per heavy atom. The fraction of sp³-hybridized carbons (Fsp3) is 0. The Kier molecular flexibility index (Phi) is 7.53. The fourth-order valence-corrected chi connectivity index (χ4v) is 6.90. The van der Waals surface area contributed by atoms with Crippen molar-refractivity contribution in [2.45, 2.75) is 0 Å². The number of hydrogen-bond donors (Lipinski definition) is 0. The number of aromatic nitrogens is 2. The van der Waals surface area contributed by atoms with Crippen molar-refractivity contribution in [2.24, 2.45) is 0 Å². The van der Waals surface area contributed by atoms with Gasteiger partial charge in [0.1, 0.15) is 0 Å². The third kappa shape index (κ3) is 5.63. The molecule has 9 rings (SSSR count). The van der Waals surface area contributed by atoms with Gasteiger partial charge in [0, 0.05) is 22.1 Å². The molecule has 0 aliphatic rings. The average molecular weight is 637 g/mol. The van der Waals surface area contributed by atoms with Crippen LogP contribution in [0.25, 0.3) is 88.8 Å². The van der Waals surface area contributed by atoms with Crippen LogP contribution in [0.5, 0.6) is 0 Å². The topological polar surface area (TPSA) is 25.8 Å². The van der Waals surface area contributed by atoms with Gasteiger partial charge in [0.05, 0.1) is 22.6 Å². The van der Waals surface area contributed by atoms with E-state index in [2.05, 4.69) is 176 Å². The van der Waals surface area contributed by atoms with Crippen LogP contribution >= 0.6 is 0 Å². The molecule has 0 N–H and O–H groups in total. The van der Waals surface area contributed by atoms with Crippen LogP contribution in [0, 0.1) is 0 Å². The Bertz CT molecular complexity index is 2540. The van der Waals surface area contributed by atoms with E-state index in [9.17, 15) is 0 Å². The van der Waals surface area contributed by atoms with Crippen LogP contribution in [0.15, 0.2) is 194 Å². The molecule has 2 aromatic heterocycles. The molecule has 0 spiro atoms. The van der Waals surface area contributed by atoms with Crippen molar-refractivity contribution in [2.75, 3.05) is 0 Å². The second-order valence-electron chi connectivity index (χ2n) is 12.6. The van der Waals surface area contributed by atoms with Crippen molar-refractivity contribution in [3.05, 3.63) is 194 Å². The zero-order chi connectivity index (χ0) is 33.3. The van der Waals surface area contributed by atoms with Crippen molar-refractivity contribution in [1.29, 1.82) is 0 Å². The lowest BCUT2D eigenvalue weighted by atomic mass is 9.92. The Morgan fingerprint density at radius 3 is 1.26 bits per heavy atom. The molecule has 2 heterocycles. The Morgan fingerprint density at radius 1 is 0.280 bits per heavy atom. The standard InChI is InChI=1S/C48H32N2/c1-5-13-35(14-6-1)43-32-47(39-19-11-4-12-20-39)49-44-28-27-36-25-26-40(29-42(36)48(43)44)33-21-23-34(24-22-33)41-30-45(37-15-7-2-8-16-37)50-46(31-41)38-17-9-3-10-18-38/h1-32H. The quantitative estimate of drug-likeness (QED) is 0.170. The van der Waals surface area contributed by atoms with Gasteiger partial charge in [0.2, 0.25) is 0 Å². The second-order valence-corrected chi connectivity index (χ2v) is 12.6. The highest BCUT2D eigenvalue weighted by atomic mass is 14.7. The van der Waals surface area contributed by atoms with E-state index in [1.54, 1.807) is 0 Å². The SMILES string of the molecule is c1ccc(-c2cc(-c3ccc(-c4ccc5ccc6nc(-c7ccccc7)cc(-c7ccccc7)c6c5c4)cc3)cc(-c3ccccc3)n2)cc1. The lowest BCUT2D eigenvalue weighted by molar-refractivity contribution is 1.32. The van der Waals surface area contributed by atoms with Crippen LogP contribution in [0.3, 0.4) is 0 Å². The number of benzene rings is 7. The summed E-state index contributed by atoms with van der Waals surface area (Å²) in [4.78, 5) is 10.2. The zero-order valence-electron chi connectivity index (χ0n) is 27.4. The summed E-state index contributed by atoms with van der Waals surface area (Å²) >= 11 is 0. The Hall–Kier alpha value is -6.64. The van der Waals surface area contributed by atoms with E-state index >= 15 is 0 Å². The average Bonchev–Trinajstić information content (AvgIpc) is 3.21. The number of fused-ring (bicyclic) bond motifs is 3. The van der Waals surface area contributed by atoms with Gasteiger partial charge in [0.15, 0.2) is 0 Å². The highest BCUT2D eigenvalue weighted by molar-refractivity contribution is 6.14. The maximum atomic E-state index is 5.18. The number of nitrogens with zero attached hydrogens (tertiary/aromatic N) is 2. The molecule has 0 saturated carbocycles. The van der Waals surface area contributed by atoms with E-state index in [0.29, 0.717) is 0 Å². The predicted octanol–water partition coefficient (Wildman–Crippen LogP) is 12.8. The molecule has 9 aromatic rings. The molecule has 0 saturated heterocycles. The van der Waals surface area contributed by atoms with Crippen molar-refractivity contribution < 1.29 is 0 Å². The molecular weight excluding hydrogens is 605 g/mol. The monoisotopic (exact) mass is 636 g/mol. The third-order valence-corrected chi connectivity index (χ3v) is 9.46. The molecule has 234 valence electrons. The van der Waals surface area contributed by atoms with Gasteiger partial charge in [-0.15, -0.1) is 0 Å². The largest absolute Gasteiger partial charge is 0.248 e. The van der Waals surface area contributed by atoms with Crippen molar-refractivity contribution in [3.63, 3.8) is 0 Å². The summed E-state index contributed by atoms with van der Waals surface area (Å²) in [6.45, 7) is 0. The molecule has 0 atom stereocenters. The molecule has 2 heteroatoms. The predicted molar refractivity (Wildman–Crippen MR) is 210 cm³/mol. The first-order valence-electron chi connectivity index (χ1n) is 17.0. The summed E-state index contributed by atoms with van der Waals surface area (Å²) in [6.07, 6.45) is 0. The molecule has 0 aliphatic heterocycles. The lowest BCUT2D eigenvalue weighted by Crippen LogP contribution is -1.92. The van der Waals surface area contributed by atoms with Gasteiger partial charge in [-0.25, -0.2) is 9.97 Å². The van der Waals surface area contributed by atoms with Crippen LogP contribution in [0.4, 0.5) is 0 Å². The first-order valence-corrected chi connectivity index (χ1v) is 17.0. The first-order chi connectivity index (χ1) is 24.8. The maximum absolute atomic E-state index is 5.18. The molecule has 0 unspecified atom stereocenters. The minimum absolute atomic E-state index is 0.964. The molecule has 50 heavy (non-hydrogen) atoms. The van der Waals surface area contributed by atoms with E-state index in [-0.39, 0.29) is 0 Å². The normalized spacial score (nSPS) is 11.2. The highest BCUT2D eigenvalue weighted by Crippen LogP contribution is 2.39. The minimum Gasteiger partial charge on any atom is -0.248 e. The lowest BCUT2D eigenvalue weighted by Gasteiger charge is -2.14. The van der Waals surface area contributed by atoms with Gasteiger partial charge in [-0.2, -0.15) is 0 Å². The molecule has 7 aromatic carbocycles. The van der Waals surface area contributed by atoms with Crippen LogP contribution in [-0.4, -0.2) is 9.97 Å². The van der Waals surface area contributed by atoms with E-state index in [1.807, 2.05) is 18.2 Å².